The maximum atomic E-state index is 12.3. The van der Waals surface area contributed by atoms with Crippen molar-refractivity contribution in [1.29, 1.82) is 0 Å². The normalized spacial score (nSPS) is 30.2. The third-order valence-corrected chi connectivity index (χ3v) is 4.84. The van der Waals surface area contributed by atoms with Gasteiger partial charge in [-0.25, -0.2) is 0 Å². The molecule has 4 atom stereocenters. The van der Waals surface area contributed by atoms with Gasteiger partial charge in [-0.1, -0.05) is 0 Å². The number of amides is 2. The Kier molecular flexibility index (Phi) is 3.97. The van der Waals surface area contributed by atoms with E-state index < -0.39 is 18.2 Å². The maximum Gasteiger partial charge on any atom is 0.248 e. The maximum absolute atomic E-state index is 12.3. The van der Waals surface area contributed by atoms with Gasteiger partial charge in [0.1, 0.15) is 12.1 Å². The fourth-order valence-corrected chi connectivity index (χ4v) is 3.62. The van der Waals surface area contributed by atoms with Gasteiger partial charge in [-0.3, -0.25) is 9.59 Å². The fourth-order valence-electron chi connectivity index (χ4n) is 2.95. The van der Waals surface area contributed by atoms with E-state index in [0.29, 0.717) is 13.0 Å². The van der Waals surface area contributed by atoms with E-state index in [4.69, 9.17) is 0 Å². The lowest BCUT2D eigenvalue weighted by Gasteiger charge is -2.35. The number of nitrogens with one attached hydrogen (secondary N) is 2. The first-order valence-electron chi connectivity index (χ1n) is 7.09. The van der Waals surface area contributed by atoms with Crippen LogP contribution in [0.4, 0.5) is 0 Å². The molecule has 2 aliphatic rings. The van der Waals surface area contributed by atoms with Crippen LogP contribution in [0.25, 0.3) is 0 Å². The lowest BCUT2D eigenvalue weighted by atomic mass is 10.0. The van der Waals surface area contributed by atoms with E-state index in [-0.39, 0.29) is 17.9 Å². The van der Waals surface area contributed by atoms with Crippen LogP contribution in [-0.4, -0.2) is 52.6 Å². The monoisotopic (exact) mass is 309 g/mol. The molecule has 114 valence electrons. The van der Waals surface area contributed by atoms with Crippen LogP contribution in [0.1, 0.15) is 18.9 Å². The molecule has 0 radical (unpaired) electrons. The molecule has 3 rings (SSSR count). The molecule has 0 bridgehead atoms. The third kappa shape index (κ3) is 2.81. The Balaban J connectivity index is 1.64. The Bertz CT molecular complexity index is 532. The van der Waals surface area contributed by atoms with E-state index in [1.54, 1.807) is 16.2 Å². The average Bonchev–Trinajstić information content (AvgIpc) is 3.09. The van der Waals surface area contributed by atoms with E-state index in [2.05, 4.69) is 22.1 Å². The Hall–Kier alpha value is -1.44. The summed E-state index contributed by atoms with van der Waals surface area (Å²) in [7, 11) is 0. The van der Waals surface area contributed by atoms with Crippen LogP contribution in [0, 0.1) is 0 Å². The van der Waals surface area contributed by atoms with Crippen molar-refractivity contribution < 1.29 is 14.7 Å². The first-order valence-corrected chi connectivity index (χ1v) is 8.04. The number of rotatable bonds is 4. The van der Waals surface area contributed by atoms with E-state index in [9.17, 15) is 14.7 Å². The van der Waals surface area contributed by atoms with Crippen LogP contribution in [0.15, 0.2) is 16.8 Å². The molecule has 1 aromatic rings. The van der Waals surface area contributed by atoms with Crippen LogP contribution < -0.4 is 10.6 Å². The zero-order valence-corrected chi connectivity index (χ0v) is 12.6. The van der Waals surface area contributed by atoms with Crippen LogP contribution in [-0.2, 0) is 16.1 Å². The van der Waals surface area contributed by atoms with Crippen LogP contribution in [0.5, 0.6) is 0 Å². The number of aliphatic hydroxyl groups excluding tert-OH is 1. The SMILES string of the molecule is C[C@H](O)[C@H]1NC(=O)[C@@H]2C[C@H](NCc3ccsc3)CN2C1=O. The molecule has 0 spiro atoms. The number of piperazine rings is 1. The number of fused-ring (bicyclic) bond motifs is 1. The van der Waals surface area contributed by atoms with Crippen molar-refractivity contribution >= 4 is 23.2 Å². The summed E-state index contributed by atoms with van der Waals surface area (Å²) in [6, 6.07) is 0.940. The van der Waals surface area contributed by atoms with Gasteiger partial charge in [0.25, 0.3) is 0 Å². The Morgan fingerprint density at radius 1 is 1.57 bits per heavy atom. The lowest BCUT2D eigenvalue weighted by molar-refractivity contribution is -0.149. The van der Waals surface area contributed by atoms with Crippen molar-refractivity contribution in [2.24, 2.45) is 0 Å². The van der Waals surface area contributed by atoms with Gasteiger partial charge in [0, 0.05) is 19.1 Å². The predicted octanol–water partition coefficient (Wildman–Crippen LogP) is -0.314. The topological polar surface area (TPSA) is 81.7 Å². The molecule has 2 saturated heterocycles. The number of carbonyl (C=O) groups excluding carboxylic acids is 2. The van der Waals surface area contributed by atoms with Gasteiger partial charge in [-0.15, -0.1) is 0 Å². The molecule has 0 unspecified atom stereocenters. The molecule has 3 heterocycles. The Labute approximate surface area is 127 Å². The zero-order valence-electron chi connectivity index (χ0n) is 11.8. The highest BCUT2D eigenvalue weighted by Gasteiger charge is 2.47. The number of thiophene rings is 1. The second kappa shape index (κ2) is 5.75. The van der Waals surface area contributed by atoms with Crippen LogP contribution >= 0.6 is 11.3 Å². The standard InChI is InChI=1S/C14H19N3O3S/c1-8(18)12-14(20)17-6-10(4-11(17)13(19)16-12)15-5-9-2-3-21-7-9/h2-3,7-8,10-12,15,18H,4-6H2,1H3,(H,16,19)/t8-,10-,11-,12+/m0/s1. The van der Waals surface area contributed by atoms with Crippen molar-refractivity contribution in [2.75, 3.05) is 6.54 Å². The summed E-state index contributed by atoms with van der Waals surface area (Å²) in [5.41, 5.74) is 1.21. The van der Waals surface area contributed by atoms with Crippen LogP contribution in [0.3, 0.4) is 0 Å². The molecular weight excluding hydrogens is 290 g/mol. The number of hydrogen-bond acceptors (Lipinski definition) is 5. The first-order chi connectivity index (χ1) is 10.1. The van der Waals surface area contributed by atoms with Crippen LogP contribution in [0.2, 0.25) is 0 Å². The summed E-state index contributed by atoms with van der Waals surface area (Å²) < 4.78 is 0. The minimum atomic E-state index is -0.875. The quantitative estimate of drug-likeness (QED) is 0.712. The van der Waals surface area contributed by atoms with Crippen molar-refractivity contribution in [1.82, 2.24) is 15.5 Å². The van der Waals surface area contributed by atoms with Gasteiger partial charge in [-0.05, 0) is 35.7 Å². The molecule has 3 N–H and O–H groups in total. The van der Waals surface area contributed by atoms with Crippen molar-refractivity contribution in [2.45, 2.75) is 44.1 Å². The third-order valence-electron chi connectivity index (χ3n) is 4.11. The summed E-state index contributed by atoms with van der Waals surface area (Å²) in [4.78, 5) is 26.0. The second-order valence-corrected chi connectivity index (χ2v) is 6.46. The molecule has 0 aromatic carbocycles. The highest BCUT2D eigenvalue weighted by Crippen LogP contribution is 2.24. The van der Waals surface area contributed by atoms with Crippen molar-refractivity contribution in [3.05, 3.63) is 22.4 Å². The van der Waals surface area contributed by atoms with Gasteiger partial charge in [0.2, 0.25) is 11.8 Å². The predicted molar refractivity (Wildman–Crippen MR) is 78.7 cm³/mol. The highest BCUT2D eigenvalue weighted by molar-refractivity contribution is 7.07. The molecule has 6 nitrogen and oxygen atoms in total. The first kappa shape index (κ1) is 14.5. The number of hydrogen-bond donors (Lipinski definition) is 3. The lowest BCUT2D eigenvalue weighted by Crippen LogP contribution is -2.64. The molecule has 7 heteroatoms. The largest absolute Gasteiger partial charge is 0.391 e. The summed E-state index contributed by atoms with van der Waals surface area (Å²) in [6.07, 6.45) is -0.256. The number of carbonyl (C=O) groups is 2. The molecule has 2 amide bonds. The molecule has 1 aromatic heterocycles. The van der Waals surface area contributed by atoms with E-state index in [1.807, 2.05) is 5.38 Å². The van der Waals surface area contributed by atoms with Gasteiger partial charge in [0.05, 0.1) is 6.10 Å². The smallest absolute Gasteiger partial charge is 0.248 e. The Morgan fingerprint density at radius 3 is 3.05 bits per heavy atom. The van der Waals surface area contributed by atoms with Gasteiger partial charge < -0.3 is 20.6 Å². The molecule has 2 aliphatic heterocycles. The molecular formula is C14H19N3O3S. The molecule has 21 heavy (non-hydrogen) atoms. The molecule has 2 fully saturated rings. The van der Waals surface area contributed by atoms with Gasteiger partial charge in [-0.2, -0.15) is 11.3 Å². The van der Waals surface area contributed by atoms with Crippen molar-refractivity contribution in [3.8, 4) is 0 Å². The Morgan fingerprint density at radius 2 is 2.38 bits per heavy atom. The minimum Gasteiger partial charge on any atom is -0.391 e. The molecule has 0 aliphatic carbocycles. The summed E-state index contributed by atoms with van der Waals surface area (Å²) in [5, 5.41) is 19.7. The summed E-state index contributed by atoms with van der Waals surface area (Å²) >= 11 is 1.65. The fraction of sp³-hybridized carbons (Fsp3) is 0.571. The van der Waals surface area contributed by atoms with Gasteiger partial charge >= 0.3 is 0 Å². The van der Waals surface area contributed by atoms with Crippen molar-refractivity contribution in [3.63, 3.8) is 0 Å². The molecule has 0 saturated carbocycles. The van der Waals surface area contributed by atoms with E-state index in [1.165, 1.54) is 12.5 Å². The minimum absolute atomic E-state index is 0.109. The number of aliphatic hydroxyl groups is 1. The summed E-state index contributed by atoms with van der Waals surface area (Å²) in [5.74, 6) is -0.352. The van der Waals surface area contributed by atoms with E-state index >= 15 is 0 Å². The van der Waals surface area contributed by atoms with E-state index in [0.717, 1.165) is 6.54 Å². The number of nitrogens with zero attached hydrogens (tertiary/aromatic N) is 1. The summed E-state index contributed by atoms with van der Waals surface area (Å²) in [6.45, 7) is 2.78. The second-order valence-electron chi connectivity index (χ2n) is 5.68. The zero-order chi connectivity index (χ0) is 15.0. The van der Waals surface area contributed by atoms with Gasteiger partial charge in [0.15, 0.2) is 0 Å². The highest BCUT2D eigenvalue weighted by atomic mass is 32.1. The average molecular weight is 309 g/mol.